The van der Waals surface area contributed by atoms with Gasteiger partial charge in [0, 0.05) is 31.8 Å². The van der Waals surface area contributed by atoms with Crippen LogP contribution < -0.4 is 0 Å². The molecule has 0 radical (unpaired) electrons. The molecule has 2 atom stereocenters. The number of aliphatic imine (C=N–C) groups is 1. The van der Waals surface area contributed by atoms with Gasteiger partial charge in [-0.2, -0.15) is 5.10 Å². The minimum absolute atomic E-state index is 0.0212. The summed E-state index contributed by atoms with van der Waals surface area (Å²) >= 11 is 4.71. The molecule has 2 aliphatic heterocycles. The Bertz CT molecular complexity index is 752. The first-order valence-electron chi connectivity index (χ1n) is 7.96. The first kappa shape index (κ1) is 16.8. The summed E-state index contributed by atoms with van der Waals surface area (Å²) < 4.78 is 0. The van der Waals surface area contributed by atoms with E-state index in [1.807, 2.05) is 32.0 Å². The second-order valence-corrected chi connectivity index (χ2v) is 6.81. The van der Waals surface area contributed by atoms with Crippen molar-refractivity contribution >= 4 is 30.0 Å². The minimum atomic E-state index is -0.352. The number of hydrogen-bond donors (Lipinski definition) is 1. The predicted octanol–water partition coefficient (Wildman–Crippen LogP) is 2.57. The topological polar surface area (TPSA) is 48.3 Å². The Labute approximate surface area is 148 Å². The van der Waals surface area contributed by atoms with Gasteiger partial charge in [-0.25, -0.2) is 5.01 Å². The second kappa shape index (κ2) is 6.43. The Morgan fingerprint density at radius 2 is 1.92 bits per heavy atom. The fraction of sp³-hybridized carbons (Fsp3) is 0.389. The molecule has 24 heavy (non-hydrogen) atoms. The van der Waals surface area contributed by atoms with Gasteiger partial charge in [-0.05, 0) is 19.4 Å². The Morgan fingerprint density at radius 1 is 1.25 bits per heavy atom. The number of carbonyl (C=O) groups is 1. The van der Waals surface area contributed by atoms with E-state index < -0.39 is 0 Å². The first-order valence-corrected chi connectivity index (χ1v) is 8.41. The number of benzene rings is 1. The molecule has 0 bridgehead atoms. The molecule has 1 aromatic carbocycles. The van der Waals surface area contributed by atoms with Crippen LogP contribution in [-0.4, -0.2) is 47.5 Å². The molecule has 0 spiro atoms. The van der Waals surface area contributed by atoms with Crippen molar-refractivity contribution in [2.24, 2.45) is 16.0 Å². The molecule has 5 nitrogen and oxygen atoms in total. The van der Waals surface area contributed by atoms with Crippen LogP contribution in [0.3, 0.4) is 0 Å². The minimum Gasteiger partial charge on any atom is -0.348 e. The normalized spacial score (nSPS) is 23.0. The molecule has 0 saturated carbocycles. The van der Waals surface area contributed by atoms with E-state index in [-0.39, 0.29) is 18.0 Å². The lowest BCUT2D eigenvalue weighted by molar-refractivity contribution is -0.131. The van der Waals surface area contributed by atoms with Crippen LogP contribution in [0.5, 0.6) is 0 Å². The maximum absolute atomic E-state index is 12.5. The van der Waals surface area contributed by atoms with Gasteiger partial charge in [0.05, 0.1) is 10.7 Å². The SMILES string of the molecule is CC1=NC2C(C(=O)N(C)C)C(C)=NN2C(S)=C1Cc1ccccc1. The van der Waals surface area contributed by atoms with Crippen LogP contribution in [0, 0.1) is 5.92 Å². The van der Waals surface area contributed by atoms with Crippen molar-refractivity contribution in [2.75, 3.05) is 14.1 Å². The van der Waals surface area contributed by atoms with Gasteiger partial charge in [-0.15, -0.1) is 12.6 Å². The molecule has 6 heteroatoms. The molecule has 0 aromatic heterocycles. The van der Waals surface area contributed by atoms with E-state index in [0.717, 1.165) is 28.4 Å². The summed E-state index contributed by atoms with van der Waals surface area (Å²) in [4.78, 5) is 18.9. The van der Waals surface area contributed by atoms with Crippen LogP contribution >= 0.6 is 12.6 Å². The van der Waals surface area contributed by atoms with E-state index in [0.29, 0.717) is 0 Å². The monoisotopic (exact) mass is 342 g/mol. The molecule has 0 N–H and O–H groups in total. The number of fused-ring (bicyclic) bond motifs is 1. The van der Waals surface area contributed by atoms with E-state index in [1.54, 1.807) is 24.0 Å². The number of carbonyl (C=O) groups excluding carboxylic acids is 1. The van der Waals surface area contributed by atoms with Gasteiger partial charge in [0.2, 0.25) is 5.91 Å². The predicted molar refractivity (Wildman–Crippen MR) is 100 cm³/mol. The standard InChI is InChI=1S/C18H22N4OS/c1-11-14(10-13-8-6-5-7-9-13)18(24)22-16(19-11)15(12(2)20-22)17(23)21(3)4/h5-9,15-16,24H,10H2,1-4H3. The fourth-order valence-electron chi connectivity index (χ4n) is 3.12. The summed E-state index contributed by atoms with van der Waals surface area (Å²) in [5.41, 5.74) is 3.96. The Hall–Kier alpha value is -2.08. The highest BCUT2D eigenvalue weighted by molar-refractivity contribution is 7.84. The van der Waals surface area contributed by atoms with Crippen LogP contribution in [0.2, 0.25) is 0 Å². The quantitative estimate of drug-likeness (QED) is 0.858. The van der Waals surface area contributed by atoms with Crippen molar-refractivity contribution in [3.63, 3.8) is 0 Å². The van der Waals surface area contributed by atoms with Gasteiger partial charge in [0.15, 0.2) is 6.17 Å². The third kappa shape index (κ3) is 2.86. The van der Waals surface area contributed by atoms with Crippen LogP contribution in [0.1, 0.15) is 19.4 Å². The van der Waals surface area contributed by atoms with Crippen molar-refractivity contribution in [2.45, 2.75) is 26.4 Å². The molecular weight excluding hydrogens is 320 g/mol. The molecule has 0 aliphatic carbocycles. The highest BCUT2D eigenvalue weighted by Gasteiger charge is 2.44. The first-order chi connectivity index (χ1) is 11.4. The third-order valence-corrected chi connectivity index (χ3v) is 4.92. The van der Waals surface area contributed by atoms with E-state index in [2.05, 4.69) is 17.2 Å². The number of hydrazone groups is 1. The second-order valence-electron chi connectivity index (χ2n) is 6.39. The van der Waals surface area contributed by atoms with E-state index in [9.17, 15) is 4.79 Å². The molecule has 1 amide bonds. The Morgan fingerprint density at radius 3 is 2.54 bits per heavy atom. The molecule has 1 aromatic rings. The van der Waals surface area contributed by atoms with E-state index in [4.69, 9.17) is 17.6 Å². The smallest absolute Gasteiger partial charge is 0.235 e. The summed E-state index contributed by atoms with van der Waals surface area (Å²) in [5.74, 6) is -0.330. The van der Waals surface area contributed by atoms with Gasteiger partial charge in [0.1, 0.15) is 5.92 Å². The van der Waals surface area contributed by atoms with Crippen LogP contribution in [0.4, 0.5) is 0 Å². The van der Waals surface area contributed by atoms with E-state index >= 15 is 0 Å². The molecule has 2 unspecified atom stereocenters. The lowest BCUT2D eigenvalue weighted by Gasteiger charge is -2.31. The van der Waals surface area contributed by atoms with Crippen molar-refractivity contribution in [3.05, 3.63) is 46.5 Å². The van der Waals surface area contributed by atoms with Gasteiger partial charge in [-0.3, -0.25) is 9.79 Å². The fourth-order valence-corrected chi connectivity index (χ4v) is 3.52. The lowest BCUT2D eigenvalue weighted by Crippen LogP contribution is -2.43. The largest absolute Gasteiger partial charge is 0.348 e. The molecule has 0 fully saturated rings. The maximum atomic E-state index is 12.5. The van der Waals surface area contributed by atoms with Crippen molar-refractivity contribution < 1.29 is 4.79 Å². The molecule has 0 saturated heterocycles. The zero-order valence-electron chi connectivity index (χ0n) is 14.4. The number of amides is 1. The zero-order chi connectivity index (χ0) is 17.4. The summed E-state index contributed by atoms with van der Waals surface area (Å²) in [7, 11) is 3.52. The van der Waals surface area contributed by atoms with Gasteiger partial charge < -0.3 is 4.90 Å². The highest BCUT2D eigenvalue weighted by Crippen LogP contribution is 2.35. The number of hydrogen-bond acceptors (Lipinski definition) is 5. The van der Waals surface area contributed by atoms with Crippen LogP contribution in [-0.2, 0) is 11.2 Å². The molecule has 2 heterocycles. The van der Waals surface area contributed by atoms with Gasteiger partial charge >= 0.3 is 0 Å². The highest BCUT2D eigenvalue weighted by atomic mass is 32.1. The van der Waals surface area contributed by atoms with Crippen LogP contribution in [0.25, 0.3) is 0 Å². The number of nitrogens with zero attached hydrogens (tertiary/aromatic N) is 4. The summed E-state index contributed by atoms with van der Waals surface area (Å²) in [5, 5.41) is 7.13. The van der Waals surface area contributed by atoms with Crippen molar-refractivity contribution in [1.29, 1.82) is 0 Å². The number of thiol groups is 1. The molecule has 3 rings (SSSR count). The number of rotatable bonds is 3. The molecular formula is C18H22N4OS. The summed E-state index contributed by atoms with van der Waals surface area (Å²) in [6, 6.07) is 10.2. The Kier molecular flexibility index (Phi) is 4.49. The zero-order valence-corrected chi connectivity index (χ0v) is 15.3. The average molecular weight is 342 g/mol. The summed E-state index contributed by atoms with van der Waals surface area (Å²) in [6.07, 6.45) is 0.422. The molecule has 126 valence electrons. The van der Waals surface area contributed by atoms with Crippen molar-refractivity contribution in [3.8, 4) is 0 Å². The molecule has 2 aliphatic rings. The third-order valence-electron chi connectivity index (χ3n) is 4.44. The van der Waals surface area contributed by atoms with Gasteiger partial charge in [-0.1, -0.05) is 30.3 Å². The van der Waals surface area contributed by atoms with Gasteiger partial charge in [0.25, 0.3) is 0 Å². The van der Waals surface area contributed by atoms with Crippen LogP contribution in [0.15, 0.2) is 51.0 Å². The maximum Gasteiger partial charge on any atom is 0.235 e. The average Bonchev–Trinajstić information content (AvgIpc) is 2.88. The lowest BCUT2D eigenvalue weighted by atomic mass is 9.97. The number of allylic oxidation sites excluding steroid dienone is 1. The Balaban J connectivity index is 1.93. The summed E-state index contributed by atoms with van der Waals surface area (Å²) in [6.45, 7) is 3.86. The van der Waals surface area contributed by atoms with E-state index in [1.165, 1.54) is 5.56 Å². The van der Waals surface area contributed by atoms with Crippen molar-refractivity contribution in [1.82, 2.24) is 9.91 Å².